The minimum atomic E-state index is -0.818. The predicted octanol–water partition coefficient (Wildman–Crippen LogP) is 2.92. The quantitative estimate of drug-likeness (QED) is 0.793. The van der Waals surface area contributed by atoms with Crippen LogP contribution in [0.2, 0.25) is 5.02 Å². The van der Waals surface area contributed by atoms with Crippen LogP contribution in [0.25, 0.3) is 5.69 Å². The molecule has 0 spiro atoms. The van der Waals surface area contributed by atoms with Crippen LogP contribution >= 0.6 is 11.6 Å². The maximum Gasteiger partial charge on any atom is 0.252 e. The van der Waals surface area contributed by atoms with Gasteiger partial charge in [0.1, 0.15) is 6.04 Å². The largest absolute Gasteiger partial charge is 0.332 e. The van der Waals surface area contributed by atoms with Crippen LogP contribution in [0.3, 0.4) is 0 Å². The zero-order valence-electron chi connectivity index (χ0n) is 12.4. The van der Waals surface area contributed by atoms with Crippen LogP contribution in [0.1, 0.15) is 22.0 Å². The fourth-order valence-electron chi connectivity index (χ4n) is 2.21. The van der Waals surface area contributed by atoms with Gasteiger partial charge in [-0.05, 0) is 30.3 Å². The van der Waals surface area contributed by atoms with E-state index in [2.05, 4.69) is 21.7 Å². The Morgan fingerprint density at radius 2 is 1.96 bits per heavy atom. The van der Waals surface area contributed by atoms with E-state index < -0.39 is 6.04 Å². The van der Waals surface area contributed by atoms with Gasteiger partial charge in [0, 0.05) is 16.1 Å². The molecular weight excluding hydrogens is 326 g/mol. The Morgan fingerprint density at radius 1 is 1.21 bits per heavy atom. The number of carbonyl (C=O) groups is 1. The van der Waals surface area contributed by atoms with Crippen molar-refractivity contribution in [2.24, 2.45) is 0 Å². The molecule has 1 N–H and O–H groups in total. The Balaban J connectivity index is 1.77. The highest BCUT2D eigenvalue weighted by atomic mass is 35.5. The Morgan fingerprint density at radius 3 is 2.58 bits per heavy atom. The first-order valence-electron chi connectivity index (χ1n) is 7.10. The molecule has 0 unspecified atom stereocenters. The molecule has 1 atom stereocenters. The molecule has 6 nitrogen and oxygen atoms in total. The lowest BCUT2D eigenvalue weighted by molar-refractivity contribution is 0.0945. The van der Waals surface area contributed by atoms with Crippen LogP contribution in [0.4, 0.5) is 0 Å². The molecule has 0 aliphatic heterocycles. The molecule has 0 aliphatic rings. The summed E-state index contributed by atoms with van der Waals surface area (Å²) in [4.78, 5) is 12.4. The van der Waals surface area contributed by atoms with Crippen molar-refractivity contribution in [3.8, 4) is 11.8 Å². The minimum absolute atomic E-state index is 0.355. The maximum atomic E-state index is 12.4. The van der Waals surface area contributed by atoms with Gasteiger partial charge in [-0.25, -0.2) is 4.68 Å². The fraction of sp³-hybridized carbons (Fsp3) is 0.0588. The maximum absolute atomic E-state index is 12.4. The van der Waals surface area contributed by atoms with E-state index in [9.17, 15) is 10.1 Å². The third kappa shape index (κ3) is 3.26. The van der Waals surface area contributed by atoms with Gasteiger partial charge in [-0.15, -0.1) is 5.10 Å². The van der Waals surface area contributed by atoms with Crippen LogP contribution < -0.4 is 5.32 Å². The van der Waals surface area contributed by atoms with Crippen molar-refractivity contribution in [3.05, 3.63) is 77.1 Å². The Bertz CT molecular complexity index is 884. The van der Waals surface area contributed by atoms with Gasteiger partial charge in [-0.1, -0.05) is 35.0 Å². The summed E-state index contributed by atoms with van der Waals surface area (Å²) in [6.07, 6.45) is 3.28. The van der Waals surface area contributed by atoms with Crippen molar-refractivity contribution >= 4 is 17.5 Å². The third-order valence-corrected chi connectivity index (χ3v) is 3.78. The number of benzene rings is 2. The first-order valence-corrected chi connectivity index (χ1v) is 7.48. The third-order valence-electron chi connectivity index (χ3n) is 3.44. The van der Waals surface area contributed by atoms with Crippen LogP contribution in [0, 0.1) is 11.3 Å². The van der Waals surface area contributed by atoms with Crippen LogP contribution in [-0.4, -0.2) is 20.9 Å². The van der Waals surface area contributed by atoms with E-state index in [0.29, 0.717) is 16.1 Å². The van der Waals surface area contributed by atoms with Gasteiger partial charge in [0.2, 0.25) is 0 Å². The minimum Gasteiger partial charge on any atom is -0.332 e. The summed E-state index contributed by atoms with van der Waals surface area (Å²) in [6.45, 7) is 0. The molecular formula is C17H12ClN5O. The lowest BCUT2D eigenvalue weighted by atomic mass is 10.1. The van der Waals surface area contributed by atoms with Gasteiger partial charge < -0.3 is 5.32 Å². The Labute approximate surface area is 143 Å². The number of rotatable bonds is 4. The lowest BCUT2D eigenvalue weighted by Gasteiger charge is -2.13. The summed E-state index contributed by atoms with van der Waals surface area (Å²) in [6, 6.07) is 15.0. The van der Waals surface area contributed by atoms with Gasteiger partial charge in [-0.3, -0.25) is 4.79 Å². The average Bonchev–Trinajstić information content (AvgIpc) is 3.15. The van der Waals surface area contributed by atoms with Crippen LogP contribution in [0.15, 0.2) is 60.9 Å². The molecule has 0 aliphatic carbocycles. The zero-order chi connectivity index (χ0) is 16.9. The van der Waals surface area contributed by atoms with Gasteiger partial charge in [0.15, 0.2) is 0 Å². The Hall–Kier alpha value is -3.17. The van der Waals surface area contributed by atoms with E-state index in [1.165, 1.54) is 0 Å². The molecule has 0 bridgehead atoms. The predicted molar refractivity (Wildman–Crippen MR) is 88.6 cm³/mol. The number of amides is 1. The van der Waals surface area contributed by atoms with Gasteiger partial charge in [0.25, 0.3) is 5.91 Å². The standard InChI is InChI=1S/C17H12ClN5O/c18-15-4-2-1-3-14(15)16(11-19)21-17(24)12-5-7-13(8-6-12)23-10-9-20-22-23/h1-10,16H,(H,21,24)/t16-/m1/s1. The van der Waals surface area contributed by atoms with E-state index in [4.69, 9.17) is 11.6 Å². The summed E-state index contributed by atoms with van der Waals surface area (Å²) in [5.41, 5.74) is 1.78. The zero-order valence-corrected chi connectivity index (χ0v) is 13.2. The number of aromatic nitrogens is 3. The van der Waals surface area contributed by atoms with E-state index >= 15 is 0 Å². The summed E-state index contributed by atoms with van der Waals surface area (Å²) < 4.78 is 1.59. The van der Waals surface area contributed by atoms with Crippen molar-refractivity contribution in [1.29, 1.82) is 5.26 Å². The highest BCUT2D eigenvalue weighted by Crippen LogP contribution is 2.22. The van der Waals surface area contributed by atoms with Gasteiger partial charge >= 0.3 is 0 Å². The van der Waals surface area contributed by atoms with Crippen LogP contribution in [0.5, 0.6) is 0 Å². The average molecular weight is 338 g/mol. The monoisotopic (exact) mass is 337 g/mol. The molecule has 24 heavy (non-hydrogen) atoms. The van der Waals surface area contributed by atoms with E-state index in [0.717, 1.165) is 5.69 Å². The molecule has 3 aromatic rings. The highest BCUT2D eigenvalue weighted by molar-refractivity contribution is 6.31. The fourth-order valence-corrected chi connectivity index (χ4v) is 2.46. The van der Waals surface area contributed by atoms with E-state index in [-0.39, 0.29) is 5.91 Å². The van der Waals surface area contributed by atoms with Crippen molar-refractivity contribution in [2.45, 2.75) is 6.04 Å². The smallest absolute Gasteiger partial charge is 0.252 e. The normalized spacial score (nSPS) is 11.5. The molecule has 1 amide bonds. The van der Waals surface area contributed by atoms with Crippen molar-refractivity contribution in [2.75, 3.05) is 0 Å². The molecule has 0 radical (unpaired) electrons. The number of hydrogen-bond donors (Lipinski definition) is 1. The summed E-state index contributed by atoms with van der Waals surface area (Å²) in [7, 11) is 0. The topological polar surface area (TPSA) is 83.6 Å². The number of halogens is 1. The number of nitrogens with one attached hydrogen (secondary N) is 1. The number of carbonyl (C=O) groups excluding carboxylic acids is 1. The molecule has 0 fully saturated rings. The van der Waals surface area contributed by atoms with Crippen molar-refractivity contribution in [1.82, 2.24) is 20.3 Å². The van der Waals surface area contributed by atoms with E-state index in [1.54, 1.807) is 65.6 Å². The molecule has 1 heterocycles. The number of nitriles is 1. The molecule has 3 rings (SSSR count). The number of hydrogen-bond acceptors (Lipinski definition) is 4. The Kier molecular flexibility index (Phi) is 4.54. The first kappa shape index (κ1) is 15.7. The number of nitrogens with zero attached hydrogens (tertiary/aromatic N) is 4. The van der Waals surface area contributed by atoms with Gasteiger partial charge in [-0.2, -0.15) is 5.26 Å². The lowest BCUT2D eigenvalue weighted by Crippen LogP contribution is -2.27. The first-order chi connectivity index (χ1) is 11.7. The molecule has 0 saturated heterocycles. The molecule has 118 valence electrons. The molecule has 2 aromatic carbocycles. The molecule has 1 aromatic heterocycles. The summed E-state index contributed by atoms with van der Waals surface area (Å²) in [5.74, 6) is -0.355. The second-order valence-corrected chi connectivity index (χ2v) is 5.36. The second kappa shape index (κ2) is 6.94. The van der Waals surface area contributed by atoms with E-state index in [1.807, 2.05) is 0 Å². The highest BCUT2D eigenvalue weighted by Gasteiger charge is 2.17. The summed E-state index contributed by atoms with van der Waals surface area (Å²) >= 11 is 6.09. The molecule has 0 saturated carbocycles. The second-order valence-electron chi connectivity index (χ2n) is 4.95. The molecule has 7 heteroatoms. The summed E-state index contributed by atoms with van der Waals surface area (Å²) in [5, 5.41) is 20.1. The van der Waals surface area contributed by atoms with Crippen molar-refractivity contribution < 1.29 is 4.79 Å². The van der Waals surface area contributed by atoms with Gasteiger partial charge in [0.05, 0.1) is 24.2 Å². The SMILES string of the molecule is N#C[C@@H](NC(=O)c1ccc(-n2ccnn2)cc1)c1ccccc1Cl. The van der Waals surface area contributed by atoms with Crippen LogP contribution in [-0.2, 0) is 0 Å². The van der Waals surface area contributed by atoms with Crippen molar-refractivity contribution in [3.63, 3.8) is 0 Å².